The number of aromatic nitrogens is 4. The second-order valence-corrected chi connectivity index (χ2v) is 6.43. The highest BCUT2D eigenvalue weighted by atomic mass is 32.2. The summed E-state index contributed by atoms with van der Waals surface area (Å²) >= 11 is 1.20. The highest BCUT2D eigenvalue weighted by Crippen LogP contribution is 2.24. The van der Waals surface area contributed by atoms with Gasteiger partial charge in [-0.25, -0.2) is 13.8 Å². The van der Waals surface area contributed by atoms with Crippen LogP contribution in [0, 0.1) is 11.6 Å². The van der Waals surface area contributed by atoms with E-state index in [1.807, 2.05) is 0 Å². The maximum Gasteiger partial charge on any atom is 0.299 e. The van der Waals surface area contributed by atoms with Crippen molar-refractivity contribution in [2.24, 2.45) is 0 Å². The molecule has 0 radical (unpaired) electrons. The van der Waals surface area contributed by atoms with E-state index < -0.39 is 11.6 Å². The quantitative estimate of drug-likeness (QED) is 0.390. The molecule has 2 heterocycles. The smallest absolute Gasteiger partial charge is 0.299 e. The van der Waals surface area contributed by atoms with Crippen LogP contribution in [0.2, 0.25) is 0 Å². The Kier molecular flexibility index (Phi) is 5.00. The van der Waals surface area contributed by atoms with Gasteiger partial charge in [-0.15, -0.1) is 0 Å². The zero-order valence-corrected chi connectivity index (χ0v) is 14.1. The van der Waals surface area contributed by atoms with E-state index in [2.05, 4.69) is 25.3 Å². The number of aliphatic hydroxyl groups is 1. The molecule has 1 atom stereocenters. The molecular formula is C15H17F2N6OS+. The summed E-state index contributed by atoms with van der Waals surface area (Å²) in [5.41, 5.74) is 6.86. The minimum atomic E-state index is -0.885. The number of nitrogens with zero attached hydrogens (tertiary/aromatic N) is 2. The van der Waals surface area contributed by atoms with Gasteiger partial charge in [-0.05, 0) is 24.8 Å². The molecule has 10 heteroatoms. The van der Waals surface area contributed by atoms with Crippen molar-refractivity contribution in [2.75, 3.05) is 17.7 Å². The Morgan fingerprint density at radius 1 is 1.40 bits per heavy atom. The third-order valence-corrected chi connectivity index (χ3v) is 4.38. The Bertz CT molecular complexity index is 903. The fraction of sp³-hybridized carbons (Fsp3) is 0.267. The van der Waals surface area contributed by atoms with Crippen LogP contribution in [0.15, 0.2) is 23.4 Å². The predicted octanol–water partition coefficient (Wildman–Crippen LogP) is 1.72. The van der Waals surface area contributed by atoms with Crippen molar-refractivity contribution in [2.45, 2.75) is 23.9 Å². The van der Waals surface area contributed by atoms with Crippen molar-refractivity contribution in [1.29, 1.82) is 0 Å². The lowest BCUT2D eigenvalue weighted by atomic mass is 10.2. The summed E-state index contributed by atoms with van der Waals surface area (Å²) in [6.07, 6.45) is 0. The monoisotopic (exact) mass is 367 g/mol. The summed E-state index contributed by atoms with van der Waals surface area (Å²) in [6.45, 7) is 1.73. The SMILES string of the molecule is C[C@H](CO)Nc1[nH+]c(SCc2cccc(F)c2F)nc2nc(N)[nH]c12. The van der Waals surface area contributed by atoms with Crippen LogP contribution in [0.4, 0.5) is 20.5 Å². The average molecular weight is 367 g/mol. The van der Waals surface area contributed by atoms with Crippen molar-refractivity contribution in [3.63, 3.8) is 0 Å². The molecule has 0 fully saturated rings. The highest BCUT2D eigenvalue weighted by molar-refractivity contribution is 7.98. The second-order valence-electron chi connectivity index (χ2n) is 5.47. The maximum absolute atomic E-state index is 13.8. The molecule has 0 saturated heterocycles. The van der Waals surface area contributed by atoms with Gasteiger partial charge in [-0.1, -0.05) is 17.1 Å². The predicted molar refractivity (Wildman–Crippen MR) is 90.9 cm³/mol. The zero-order valence-electron chi connectivity index (χ0n) is 13.3. The van der Waals surface area contributed by atoms with E-state index in [-0.39, 0.29) is 29.9 Å². The highest BCUT2D eigenvalue weighted by Gasteiger charge is 2.20. The van der Waals surface area contributed by atoms with Crippen molar-refractivity contribution >= 4 is 34.7 Å². The molecule has 7 nitrogen and oxygen atoms in total. The third kappa shape index (κ3) is 3.80. The number of thioether (sulfide) groups is 1. The summed E-state index contributed by atoms with van der Waals surface area (Å²) in [7, 11) is 0. The molecule has 0 spiro atoms. The molecule has 0 aliphatic rings. The third-order valence-electron chi connectivity index (χ3n) is 3.45. The number of aromatic amines is 2. The molecule has 0 unspecified atom stereocenters. The lowest BCUT2D eigenvalue weighted by molar-refractivity contribution is -0.416. The van der Waals surface area contributed by atoms with Gasteiger partial charge in [-0.3, -0.25) is 5.32 Å². The van der Waals surface area contributed by atoms with Gasteiger partial charge in [-0.2, -0.15) is 4.98 Å². The normalized spacial score (nSPS) is 12.5. The Hall–Kier alpha value is -2.46. The van der Waals surface area contributed by atoms with E-state index in [1.54, 1.807) is 6.92 Å². The lowest BCUT2D eigenvalue weighted by Gasteiger charge is -2.08. The number of imidazole rings is 1. The standard InChI is InChI=1S/C15H16F2N6OS/c1-7(5-24)19-12-11-13(21-14(18)20-11)23-15(22-12)25-6-8-3-2-4-9(16)10(8)17/h2-4,7,24H,5-6H2,1H3,(H4,18,19,20,21,22,23)/p+1/t7-/m1/s1. The molecule has 3 rings (SSSR count). The van der Waals surface area contributed by atoms with Gasteiger partial charge < -0.3 is 15.8 Å². The van der Waals surface area contributed by atoms with Crippen LogP contribution in [-0.4, -0.2) is 32.7 Å². The van der Waals surface area contributed by atoms with Crippen LogP contribution < -0.4 is 16.0 Å². The first-order valence-electron chi connectivity index (χ1n) is 7.49. The number of H-pyrrole nitrogens is 2. The van der Waals surface area contributed by atoms with E-state index in [9.17, 15) is 13.9 Å². The number of nitrogens with two attached hydrogens (primary N) is 1. The number of fused-ring (bicyclic) bond motifs is 1. The molecule has 132 valence electrons. The topological polar surface area (TPSA) is 114 Å². The fourth-order valence-corrected chi connectivity index (χ4v) is 3.05. The van der Waals surface area contributed by atoms with Crippen molar-refractivity contribution in [3.8, 4) is 0 Å². The molecule has 0 amide bonds. The van der Waals surface area contributed by atoms with Gasteiger partial charge in [0.15, 0.2) is 17.2 Å². The van der Waals surface area contributed by atoms with Crippen LogP contribution >= 0.6 is 11.8 Å². The van der Waals surface area contributed by atoms with E-state index in [0.717, 1.165) is 6.07 Å². The van der Waals surface area contributed by atoms with Crippen LogP contribution in [0.3, 0.4) is 0 Å². The molecular weight excluding hydrogens is 350 g/mol. The van der Waals surface area contributed by atoms with Crippen LogP contribution in [0.1, 0.15) is 12.5 Å². The zero-order chi connectivity index (χ0) is 18.0. The van der Waals surface area contributed by atoms with E-state index in [4.69, 9.17) is 5.73 Å². The number of nitrogen functional groups attached to an aromatic ring is 1. The van der Waals surface area contributed by atoms with Crippen LogP contribution in [0.25, 0.3) is 11.2 Å². The van der Waals surface area contributed by atoms with Crippen molar-refractivity contribution in [1.82, 2.24) is 15.0 Å². The maximum atomic E-state index is 13.8. The second kappa shape index (κ2) is 7.19. The molecule has 0 bridgehead atoms. The summed E-state index contributed by atoms with van der Waals surface area (Å²) in [5, 5.41) is 12.8. The number of nitrogens with one attached hydrogen (secondary N) is 3. The molecule has 1 aromatic carbocycles. The van der Waals surface area contributed by atoms with E-state index >= 15 is 0 Å². The van der Waals surface area contributed by atoms with Gasteiger partial charge in [0.1, 0.15) is 0 Å². The average Bonchev–Trinajstić information content (AvgIpc) is 2.96. The molecule has 0 aliphatic heterocycles. The van der Waals surface area contributed by atoms with E-state index in [0.29, 0.717) is 22.1 Å². The first-order valence-corrected chi connectivity index (χ1v) is 8.48. The van der Waals surface area contributed by atoms with Crippen LogP contribution in [-0.2, 0) is 5.75 Å². The van der Waals surface area contributed by atoms with Gasteiger partial charge in [0.2, 0.25) is 11.8 Å². The summed E-state index contributed by atoms with van der Waals surface area (Å²) in [5.74, 6) is -0.808. The van der Waals surface area contributed by atoms with Gasteiger partial charge >= 0.3 is 0 Å². The Labute approximate surface area is 146 Å². The molecule has 25 heavy (non-hydrogen) atoms. The number of anilines is 2. The number of hydrogen-bond acceptors (Lipinski definition) is 6. The minimum Gasteiger partial charge on any atom is -0.393 e. The summed E-state index contributed by atoms with van der Waals surface area (Å²) in [4.78, 5) is 14.4. The number of hydrogen-bond donors (Lipinski definition) is 4. The largest absolute Gasteiger partial charge is 0.393 e. The summed E-state index contributed by atoms with van der Waals surface area (Å²) < 4.78 is 27.1. The van der Waals surface area contributed by atoms with Gasteiger partial charge in [0, 0.05) is 11.3 Å². The van der Waals surface area contributed by atoms with Crippen LogP contribution in [0.5, 0.6) is 0 Å². The first-order chi connectivity index (χ1) is 12.0. The van der Waals surface area contributed by atoms with Crippen molar-refractivity contribution < 1.29 is 18.9 Å². The minimum absolute atomic E-state index is 0.0712. The van der Waals surface area contributed by atoms with Gasteiger partial charge in [0.25, 0.3) is 10.8 Å². The molecule has 6 N–H and O–H groups in total. The number of aliphatic hydroxyl groups excluding tert-OH is 1. The fourth-order valence-electron chi connectivity index (χ4n) is 2.21. The number of benzene rings is 1. The molecule has 0 aliphatic carbocycles. The van der Waals surface area contributed by atoms with Crippen molar-refractivity contribution in [3.05, 3.63) is 35.4 Å². The van der Waals surface area contributed by atoms with Gasteiger partial charge in [0.05, 0.1) is 12.6 Å². The molecule has 2 aromatic heterocycles. The van der Waals surface area contributed by atoms with E-state index in [1.165, 1.54) is 23.9 Å². The Morgan fingerprint density at radius 2 is 2.20 bits per heavy atom. The Balaban J connectivity index is 1.89. The molecule has 3 aromatic rings. The molecule has 0 saturated carbocycles. The first kappa shape index (κ1) is 17.4. The Morgan fingerprint density at radius 3 is 2.96 bits per heavy atom. The number of halogens is 2. The summed E-state index contributed by atoms with van der Waals surface area (Å²) in [6, 6.07) is 3.83. The number of rotatable bonds is 6. The lowest BCUT2D eigenvalue weighted by Crippen LogP contribution is -2.26.